The highest BCUT2D eigenvalue weighted by Gasteiger charge is 1.81. The highest BCUT2D eigenvalue weighted by atomic mass is 16.5. The Balaban J connectivity index is 2.38. The van der Waals surface area contributed by atoms with Gasteiger partial charge in [0, 0.05) is 6.54 Å². The molecule has 0 aromatic rings. The zero-order valence-electron chi connectivity index (χ0n) is 3.92. The molecule has 0 amide bonds. The van der Waals surface area contributed by atoms with Gasteiger partial charge in [0.05, 0.1) is 6.26 Å². The Bertz CT molecular complexity index is 84.3. The van der Waals surface area contributed by atoms with E-state index in [1.165, 1.54) is 0 Å². The van der Waals surface area contributed by atoms with E-state index in [0.29, 0.717) is 0 Å². The third-order valence-corrected chi connectivity index (χ3v) is 0.689. The van der Waals surface area contributed by atoms with E-state index < -0.39 is 0 Å². The van der Waals surface area contributed by atoms with Crippen molar-refractivity contribution in [2.24, 2.45) is 4.99 Å². The molecule has 0 aromatic carbocycles. The molecule has 1 radical (unpaired) electrons. The fraction of sp³-hybridized carbons (Fsp3) is 0.400. The maximum atomic E-state index is 4.60. The summed E-state index contributed by atoms with van der Waals surface area (Å²) in [5, 5.41) is 0. The van der Waals surface area contributed by atoms with Gasteiger partial charge in [0.25, 0.3) is 6.40 Å². The Morgan fingerprint density at radius 3 is 3.71 bits per heavy atom. The van der Waals surface area contributed by atoms with Gasteiger partial charge >= 0.3 is 0 Å². The predicted octanol–water partition coefficient (Wildman–Crippen LogP) is 0.826. The summed E-state index contributed by atoms with van der Waals surface area (Å²) in [6.45, 7) is 0.802. The van der Waals surface area contributed by atoms with Crippen LogP contribution in [0.1, 0.15) is 6.42 Å². The van der Waals surface area contributed by atoms with Crippen molar-refractivity contribution in [1.29, 1.82) is 0 Å². The van der Waals surface area contributed by atoms with Gasteiger partial charge in [-0.2, -0.15) is 0 Å². The highest BCUT2D eigenvalue weighted by molar-refractivity contribution is 5.47. The van der Waals surface area contributed by atoms with Gasteiger partial charge in [-0.25, -0.2) is 4.99 Å². The van der Waals surface area contributed by atoms with Crippen LogP contribution in [0.2, 0.25) is 0 Å². The summed E-state index contributed by atoms with van der Waals surface area (Å²) in [4.78, 5) is 3.74. The van der Waals surface area contributed by atoms with Gasteiger partial charge < -0.3 is 4.74 Å². The van der Waals surface area contributed by atoms with E-state index in [2.05, 4.69) is 16.1 Å². The first kappa shape index (κ1) is 4.37. The first-order valence-electron chi connectivity index (χ1n) is 2.22. The summed E-state index contributed by atoms with van der Waals surface area (Å²) in [5.41, 5.74) is 0. The smallest absolute Gasteiger partial charge is 0.278 e. The Morgan fingerprint density at radius 1 is 1.71 bits per heavy atom. The zero-order valence-corrected chi connectivity index (χ0v) is 3.92. The average molecular weight is 96.1 g/mol. The van der Waals surface area contributed by atoms with Gasteiger partial charge in [-0.05, 0) is 12.5 Å². The first-order valence-corrected chi connectivity index (χ1v) is 2.22. The van der Waals surface area contributed by atoms with Gasteiger partial charge in [0.15, 0.2) is 0 Å². The molecule has 0 atom stereocenters. The molecule has 2 heteroatoms. The van der Waals surface area contributed by atoms with Crippen LogP contribution in [0.25, 0.3) is 0 Å². The predicted molar refractivity (Wildman–Crippen MR) is 27.1 cm³/mol. The van der Waals surface area contributed by atoms with Crippen LogP contribution in [0.15, 0.2) is 17.3 Å². The molecule has 1 aliphatic rings. The molecule has 2 nitrogen and oxygen atoms in total. The number of nitrogens with zero attached hydrogens (tertiary/aromatic N) is 1. The van der Waals surface area contributed by atoms with E-state index in [4.69, 9.17) is 0 Å². The van der Waals surface area contributed by atoms with Crippen molar-refractivity contribution in [3.8, 4) is 0 Å². The monoisotopic (exact) mass is 96.0 g/mol. The second-order valence-electron chi connectivity index (χ2n) is 1.25. The molecule has 0 saturated carbocycles. The molecule has 0 aliphatic carbocycles. The minimum absolute atomic E-state index is 0.802. The van der Waals surface area contributed by atoms with Crippen molar-refractivity contribution in [2.45, 2.75) is 6.42 Å². The first-order chi connectivity index (χ1) is 3.50. The maximum absolute atomic E-state index is 4.60. The van der Waals surface area contributed by atoms with E-state index in [1.807, 2.05) is 6.08 Å². The number of ether oxygens (including phenoxy) is 1. The van der Waals surface area contributed by atoms with E-state index >= 15 is 0 Å². The summed E-state index contributed by atoms with van der Waals surface area (Å²) in [6, 6.07) is 0. The van der Waals surface area contributed by atoms with E-state index in [1.54, 1.807) is 6.26 Å². The number of aliphatic imine (C=N–C) groups is 1. The molecule has 0 bridgehead atoms. The summed E-state index contributed by atoms with van der Waals surface area (Å²) in [5.74, 6) is 0. The zero-order chi connectivity index (χ0) is 4.95. The minimum atomic E-state index is 0.802. The normalized spacial score (nSPS) is 18.3. The molecule has 0 saturated heterocycles. The van der Waals surface area contributed by atoms with Crippen molar-refractivity contribution < 1.29 is 4.74 Å². The van der Waals surface area contributed by atoms with Crippen molar-refractivity contribution in [3.05, 3.63) is 12.3 Å². The van der Waals surface area contributed by atoms with E-state index in [-0.39, 0.29) is 0 Å². The standard InChI is InChI=1S/C5H6NO/c1-2-4-7-5-6-3-1/h2,4H,1,3H2. The van der Waals surface area contributed by atoms with Crippen molar-refractivity contribution in [2.75, 3.05) is 6.54 Å². The number of rotatable bonds is 0. The minimum Gasteiger partial charge on any atom is -0.443 e. The van der Waals surface area contributed by atoms with Gasteiger partial charge in [0.1, 0.15) is 0 Å². The van der Waals surface area contributed by atoms with E-state index in [0.717, 1.165) is 13.0 Å². The summed E-state index contributed by atoms with van der Waals surface area (Å²) in [6.07, 6.45) is 6.86. The molecule has 1 aliphatic heterocycles. The highest BCUT2D eigenvalue weighted by Crippen LogP contribution is 1.88. The topological polar surface area (TPSA) is 21.6 Å². The molecule has 0 unspecified atom stereocenters. The molecule has 37 valence electrons. The molecule has 1 heterocycles. The summed E-state index contributed by atoms with van der Waals surface area (Å²) >= 11 is 0. The SMILES string of the molecule is [C]1=NCCC=CO1. The van der Waals surface area contributed by atoms with Gasteiger partial charge in [-0.3, -0.25) is 0 Å². The molecule has 7 heavy (non-hydrogen) atoms. The molecular weight excluding hydrogens is 90.1 g/mol. The Hall–Kier alpha value is -0.790. The van der Waals surface area contributed by atoms with Crippen molar-refractivity contribution >= 4 is 6.40 Å². The van der Waals surface area contributed by atoms with E-state index in [9.17, 15) is 0 Å². The van der Waals surface area contributed by atoms with Crippen molar-refractivity contribution in [3.63, 3.8) is 0 Å². The van der Waals surface area contributed by atoms with Crippen LogP contribution in [0.5, 0.6) is 0 Å². The fourth-order valence-electron chi connectivity index (χ4n) is 0.369. The molecule has 0 fully saturated rings. The fourth-order valence-corrected chi connectivity index (χ4v) is 0.369. The quantitative estimate of drug-likeness (QED) is 0.437. The van der Waals surface area contributed by atoms with Crippen LogP contribution in [-0.2, 0) is 4.74 Å². The third kappa shape index (κ3) is 1.39. The van der Waals surface area contributed by atoms with Gasteiger partial charge in [0.2, 0.25) is 0 Å². The van der Waals surface area contributed by atoms with Crippen LogP contribution in [0.4, 0.5) is 0 Å². The lowest BCUT2D eigenvalue weighted by Gasteiger charge is -1.75. The Kier molecular flexibility index (Phi) is 1.50. The molecule has 0 N–H and O–H groups in total. The van der Waals surface area contributed by atoms with Crippen LogP contribution in [0, 0.1) is 0 Å². The lowest BCUT2D eigenvalue weighted by molar-refractivity contribution is 0.495. The van der Waals surface area contributed by atoms with Gasteiger partial charge in [-0.1, -0.05) is 0 Å². The third-order valence-electron chi connectivity index (χ3n) is 0.689. The van der Waals surface area contributed by atoms with Crippen LogP contribution < -0.4 is 0 Å². The lowest BCUT2D eigenvalue weighted by atomic mass is 10.4. The van der Waals surface area contributed by atoms with Crippen molar-refractivity contribution in [1.82, 2.24) is 0 Å². The molecule has 0 aromatic heterocycles. The maximum Gasteiger partial charge on any atom is 0.278 e. The summed E-state index contributed by atoms with van der Waals surface area (Å²) < 4.78 is 4.60. The van der Waals surface area contributed by atoms with Crippen LogP contribution in [-0.4, -0.2) is 12.9 Å². The molecule has 0 spiro atoms. The second-order valence-corrected chi connectivity index (χ2v) is 1.25. The second kappa shape index (κ2) is 2.39. The average Bonchev–Trinajstić information content (AvgIpc) is 1.90. The summed E-state index contributed by atoms with van der Waals surface area (Å²) in [7, 11) is 0. The lowest BCUT2D eigenvalue weighted by Crippen LogP contribution is -1.73. The van der Waals surface area contributed by atoms with Crippen LogP contribution >= 0.6 is 0 Å². The number of hydrogen-bond acceptors (Lipinski definition) is 2. The van der Waals surface area contributed by atoms with Gasteiger partial charge in [-0.15, -0.1) is 0 Å². The van der Waals surface area contributed by atoms with Crippen LogP contribution in [0.3, 0.4) is 0 Å². The largest absolute Gasteiger partial charge is 0.443 e. The Morgan fingerprint density at radius 2 is 2.71 bits per heavy atom. The number of hydrogen-bond donors (Lipinski definition) is 0. The Labute approximate surface area is 42.5 Å². The molecular formula is C5H6NO. The molecule has 1 rings (SSSR count).